The Morgan fingerprint density at radius 1 is 1.35 bits per heavy atom. The van der Waals surface area contributed by atoms with Gasteiger partial charge < -0.3 is 19.7 Å². The molecule has 0 saturated carbocycles. The third-order valence-electron chi connectivity index (χ3n) is 2.49. The van der Waals surface area contributed by atoms with E-state index in [0.717, 1.165) is 0 Å². The zero-order valence-electron chi connectivity index (χ0n) is 10.6. The fraction of sp³-hybridized carbons (Fsp3) is 0.308. The van der Waals surface area contributed by atoms with Crippen LogP contribution in [0.5, 0.6) is 5.75 Å². The van der Waals surface area contributed by atoms with Crippen LogP contribution < -0.4 is 10.1 Å². The normalized spacial score (nSPS) is 12.3. The van der Waals surface area contributed by atoms with Gasteiger partial charge in [-0.25, -0.2) is 0 Å². The van der Waals surface area contributed by atoms with Gasteiger partial charge in [0.15, 0.2) is 0 Å². The Labute approximate surface area is 126 Å². The van der Waals surface area contributed by atoms with Crippen LogP contribution in [0.4, 0.5) is 0 Å². The largest absolute Gasteiger partial charge is 0.489 e. The third-order valence-corrected chi connectivity index (χ3v) is 3.04. The van der Waals surface area contributed by atoms with Crippen molar-refractivity contribution in [3.8, 4) is 5.75 Å². The van der Waals surface area contributed by atoms with Crippen molar-refractivity contribution in [2.24, 2.45) is 0 Å². The first-order chi connectivity index (χ1) is 9.65. The van der Waals surface area contributed by atoms with Crippen molar-refractivity contribution in [3.05, 3.63) is 46.3 Å². The van der Waals surface area contributed by atoms with E-state index in [4.69, 9.17) is 32.5 Å². The number of halogens is 2. The van der Waals surface area contributed by atoms with Crippen molar-refractivity contribution in [2.75, 3.05) is 13.2 Å². The highest BCUT2D eigenvalue weighted by atomic mass is 35.5. The Morgan fingerprint density at radius 2 is 2.20 bits per heavy atom. The molecule has 2 N–H and O–H groups in total. The predicted molar refractivity (Wildman–Crippen MR) is 76.2 cm³/mol. The summed E-state index contributed by atoms with van der Waals surface area (Å²) in [5, 5.41) is 17.4. The van der Waals surface area contributed by atoms with Crippen molar-refractivity contribution in [3.63, 3.8) is 0 Å². The molecule has 0 saturated heterocycles. The molecular weight excluding hydrogens is 303 g/mol. The Kier molecular flexibility index (Phi) is 5.67. The lowest BCUT2D eigenvalue weighted by molar-refractivity contribution is 0.105. The molecule has 108 valence electrons. The molecule has 0 aliphatic rings. The number of aliphatic hydroxyl groups is 1. The fourth-order valence-electron chi connectivity index (χ4n) is 1.53. The molecule has 0 bridgehead atoms. The van der Waals surface area contributed by atoms with Gasteiger partial charge >= 0.3 is 0 Å². The summed E-state index contributed by atoms with van der Waals surface area (Å²) in [6.45, 7) is 0.970. The van der Waals surface area contributed by atoms with E-state index >= 15 is 0 Å². The average molecular weight is 317 g/mol. The molecule has 0 aliphatic carbocycles. The molecule has 0 fully saturated rings. The number of ether oxygens (including phenoxy) is 1. The molecule has 5 nitrogen and oxygen atoms in total. The van der Waals surface area contributed by atoms with E-state index in [0.29, 0.717) is 34.6 Å². The molecule has 20 heavy (non-hydrogen) atoms. The summed E-state index contributed by atoms with van der Waals surface area (Å²) < 4.78 is 10.3. The van der Waals surface area contributed by atoms with E-state index in [-0.39, 0.29) is 6.61 Å². The summed E-state index contributed by atoms with van der Waals surface area (Å²) in [6.07, 6.45) is 0.894. The number of hydrogen-bond donors (Lipinski definition) is 2. The first-order valence-electron chi connectivity index (χ1n) is 6.01. The van der Waals surface area contributed by atoms with Gasteiger partial charge in [0.1, 0.15) is 24.2 Å². The highest BCUT2D eigenvalue weighted by molar-refractivity contribution is 6.34. The molecule has 0 radical (unpaired) electrons. The van der Waals surface area contributed by atoms with E-state index in [1.165, 1.54) is 0 Å². The minimum atomic E-state index is -0.673. The third kappa shape index (κ3) is 4.68. The number of rotatable bonds is 7. The lowest BCUT2D eigenvalue weighted by Crippen LogP contribution is -2.31. The lowest BCUT2D eigenvalue weighted by Gasteiger charge is -2.13. The zero-order valence-corrected chi connectivity index (χ0v) is 12.1. The summed E-state index contributed by atoms with van der Waals surface area (Å²) >= 11 is 11.8. The topological polar surface area (TPSA) is 67.5 Å². The summed E-state index contributed by atoms with van der Waals surface area (Å²) in [6, 6.07) is 6.68. The SMILES string of the molecule is OC(CNCc1ccno1)COc1cc(Cl)ccc1Cl. The van der Waals surface area contributed by atoms with Gasteiger partial charge in [0.2, 0.25) is 0 Å². The maximum absolute atomic E-state index is 9.79. The Morgan fingerprint density at radius 3 is 2.95 bits per heavy atom. The highest BCUT2D eigenvalue weighted by Crippen LogP contribution is 2.27. The first kappa shape index (κ1) is 15.1. The summed E-state index contributed by atoms with van der Waals surface area (Å²) in [4.78, 5) is 0. The van der Waals surface area contributed by atoms with E-state index < -0.39 is 6.10 Å². The van der Waals surface area contributed by atoms with Crippen molar-refractivity contribution in [1.29, 1.82) is 0 Å². The van der Waals surface area contributed by atoms with Gasteiger partial charge in [-0.2, -0.15) is 0 Å². The Bertz CT molecular complexity index is 534. The minimum Gasteiger partial charge on any atom is -0.489 e. The van der Waals surface area contributed by atoms with Crippen molar-refractivity contribution in [1.82, 2.24) is 10.5 Å². The second-order valence-electron chi connectivity index (χ2n) is 4.15. The maximum atomic E-state index is 9.79. The van der Waals surface area contributed by atoms with Crippen LogP contribution in [0.3, 0.4) is 0 Å². The standard InChI is InChI=1S/C13H14Cl2N2O3/c14-9-1-2-12(15)13(5-9)19-8-10(18)6-16-7-11-3-4-17-20-11/h1-5,10,16,18H,6-8H2. The van der Waals surface area contributed by atoms with E-state index in [9.17, 15) is 5.11 Å². The van der Waals surface area contributed by atoms with Crippen molar-refractivity contribution < 1.29 is 14.4 Å². The zero-order chi connectivity index (χ0) is 14.4. The molecule has 0 amide bonds. The summed E-state index contributed by atoms with van der Waals surface area (Å²) in [5.74, 6) is 1.16. The van der Waals surface area contributed by atoms with Gasteiger partial charge in [-0.1, -0.05) is 28.4 Å². The van der Waals surface area contributed by atoms with E-state index in [1.54, 1.807) is 30.5 Å². The first-order valence-corrected chi connectivity index (χ1v) is 6.77. The van der Waals surface area contributed by atoms with Crippen molar-refractivity contribution >= 4 is 23.2 Å². The summed E-state index contributed by atoms with van der Waals surface area (Å²) in [5.41, 5.74) is 0. The molecule has 1 atom stereocenters. The summed E-state index contributed by atoms with van der Waals surface area (Å²) in [7, 11) is 0. The molecular formula is C13H14Cl2N2O3. The van der Waals surface area contributed by atoms with Crippen LogP contribution in [0.25, 0.3) is 0 Å². The molecule has 2 aromatic rings. The lowest BCUT2D eigenvalue weighted by atomic mass is 10.3. The fourth-order valence-corrected chi connectivity index (χ4v) is 1.86. The molecule has 1 unspecified atom stereocenters. The number of benzene rings is 1. The number of nitrogens with zero attached hydrogens (tertiary/aromatic N) is 1. The second-order valence-corrected chi connectivity index (χ2v) is 4.99. The predicted octanol–water partition coefficient (Wildman–Crippen LogP) is 2.51. The van der Waals surface area contributed by atoms with Crippen LogP contribution in [0.15, 0.2) is 35.0 Å². The van der Waals surface area contributed by atoms with Crippen LogP contribution >= 0.6 is 23.2 Å². The van der Waals surface area contributed by atoms with Crippen LogP contribution in [-0.4, -0.2) is 29.5 Å². The van der Waals surface area contributed by atoms with Crippen LogP contribution in [0.1, 0.15) is 5.76 Å². The van der Waals surface area contributed by atoms with Crippen LogP contribution in [-0.2, 0) is 6.54 Å². The molecule has 7 heteroatoms. The molecule has 0 spiro atoms. The van der Waals surface area contributed by atoms with Crippen LogP contribution in [0, 0.1) is 0 Å². The smallest absolute Gasteiger partial charge is 0.150 e. The van der Waals surface area contributed by atoms with Crippen molar-refractivity contribution in [2.45, 2.75) is 12.6 Å². The average Bonchev–Trinajstić information content (AvgIpc) is 2.93. The Hall–Kier alpha value is -1.27. The van der Waals surface area contributed by atoms with Gasteiger partial charge in [-0.05, 0) is 12.1 Å². The van der Waals surface area contributed by atoms with Gasteiger partial charge in [-0.15, -0.1) is 0 Å². The van der Waals surface area contributed by atoms with Gasteiger partial charge in [0, 0.05) is 23.7 Å². The highest BCUT2D eigenvalue weighted by Gasteiger charge is 2.08. The second kappa shape index (κ2) is 7.50. The molecule has 0 aliphatic heterocycles. The van der Waals surface area contributed by atoms with E-state index in [1.807, 2.05) is 0 Å². The monoisotopic (exact) mass is 316 g/mol. The molecule has 1 aromatic carbocycles. The van der Waals surface area contributed by atoms with Gasteiger partial charge in [0.05, 0.1) is 17.8 Å². The molecule has 1 heterocycles. The Balaban J connectivity index is 1.71. The van der Waals surface area contributed by atoms with Gasteiger partial charge in [-0.3, -0.25) is 0 Å². The van der Waals surface area contributed by atoms with E-state index in [2.05, 4.69) is 10.5 Å². The maximum Gasteiger partial charge on any atom is 0.150 e. The molecule has 1 aromatic heterocycles. The molecule has 2 rings (SSSR count). The number of aromatic nitrogens is 1. The minimum absolute atomic E-state index is 0.115. The quantitative estimate of drug-likeness (QED) is 0.821. The van der Waals surface area contributed by atoms with Crippen LogP contribution in [0.2, 0.25) is 10.0 Å². The number of nitrogens with one attached hydrogen (secondary N) is 1. The number of hydrogen-bond acceptors (Lipinski definition) is 5. The van der Waals surface area contributed by atoms with Gasteiger partial charge in [0.25, 0.3) is 0 Å². The number of aliphatic hydroxyl groups excluding tert-OH is 1.